The zero-order valence-electron chi connectivity index (χ0n) is 47.5. The maximum atomic E-state index is 13.8. The van der Waals surface area contributed by atoms with E-state index in [1.807, 2.05) is 122 Å². The minimum atomic E-state index is -3.29. The van der Waals surface area contributed by atoms with Crippen LogP contribution in [0, 0.1) is 13.8 Å². The van der Waals surface area contributed by atoms with Gasteiger partial charge in [0.1, 0.15) is 41.8 Å². The average molecular weight is 1220 g/mol. The second-order valence-electron chi connectivity index (χ2n) is 21.5. The van der Waals surface area contributed by atoms with Gasteiger partial charge in [-0.2, -0.15) is 0 Å². The van der Waals surface area contributed by atoms with E-state index in [1.165, 1.54) is 21.5 Å². The van der Waals surface area contributed by atoms with Crippen molar-refractivity contribution in [2.75, 3.05) is 32.8 Å². The van der Waals surface area contributed by atoms with Gasteiger partial charge in [-0.25, -0.2) is 9.59 Å². The van der Waals surface area contributed by atoms with Crippen molar-refractivity contribution in [1.29, 1.82) is 0 Å². The predicted octanol–water partition coefficient (Wildman–Crippen LogP) is 9.46. The number of halogens is 1. The van der Waals surface area contributed by atoms with Crippen LogP contribution in [-0.4, -0.2) is 90.7 Å². The fraction of sp³-hybridized carbons (Fsp3) is 0.387. The first kappa shape index (κ1) is 60.5. The number of aromatic amines is 2. The summed E-state index contributed by atoms with van der Waals surface area (Å²) < 4.78 is 64.1. The van der Waals surface area contributed by atoms with Crippen molar-refractivity contribution in [2.24, 2.45) is 0 Å². The van der Waals surface area contributed by atoms with Gasteiger partial charge in [0, 0.05) is 41.7 Å². The summed E-state index contributed by atoms with van der Waals surface area (Å²) in [6.07, 6.45) is -1.25. The molecule has 2 saturated heterocycles. The van der Waals surface area contributed by atoms with Crippen LogP contribution in [0.3, 0.4) is 0 Å². The lowest BCUT2D eigenvalue weighted by molar-refractivity contribution is -0.0981. The van der Waals surface area contributed by atoms with E-state index in [0.717, 1.165) is 27.1 Å². The maximum absolute atomic E-state index is 13.8. The van der Waals surface area contributed by atoms with Crippen molar-refractivity contribution in [1.82, 2.24) is 19.1 Å². The molecule has 2 aromatic heterocycles. The van der Waals surface area contributed by atoms with Crippen LogP contribution in [0.1, 0.15) is 93.7 Å². The van der Waals surface area contributed by atoms with Crippen LogP contribution in [0.25, 0.3) is 0 Å². The molecule has 0 aliphatic carbocycles. The molecule has 82 heavy (non-hydrogen) atoms. The molecule has 0 spiro atoms. The fourth-order valence-corrected chi connectivity index (χ4v) is 17.5. The topological polar surface area (TPSA) is 193 Å². The molecule has 1 unspecified atom stereocenters. The number of H-pyrrole nitrogens is 2. The third-order valence-corrected chi connectivity index (χ3v) is 22.2. The van der Waals surface area contributed by atoms with E-state index >= 15 is 0 Å². The Hall–Kier alpha value is -6.09. The zero-order chi connectivity index (χ0) is 58.2. The number of hydrogen-bond donors (Lipinski definition) is 2. The molecule has 0 bridgehead atoms. The Balaban J connectivity index is 1.12. The predicted molar refractivity (Wildman–Crippen MR) is 321 cm³/mol. The number of hydrogen-bond acceptors (Lipinski definition) is 13. The maximum Gasteiger partial charge on any atom is 0.333 e. The summed E-state index contributed by atoms with van der Waals surface area (Å²) in [7, 11) is -2.33. The number of aryl methyl sites for hydroxylation is 2. The first-order valence-corrected chi connectivity index (χ1v) is 31.7. The second kappa shape index (κ2) is 26.7. The quantitative estimate of drug-likeness (QED) is 0.0252. The van der Waals surface area contributed by atoms with Gasteiger partial charge in [0.15, 0.2) is 0 Å². The molecule has 20 heteroatoms. The normalized spacial score (nSPS) is 20.2. The fourth-order valence-electron chi connectivity index (χ4n) is 11.2. The van der Waals surface area contributed by atoms with E-state index in [0.29, 0.717) is 40.8 Å². The van der Waals surface area contributed by atoms with Crippen LogP contribution in [0.5, 0.6) is 11.5 Å². The summed E-state index contributed by atoms with van der Waals surface area (Å²) in [6.45, 7) is 11.9. The van der Waals surface area contributed by atoms with Crippen molar-refractivity contribution in [3.05, 3.63) is 221 Å². The van der Waals surface area contributed by atoms with Gasteiger partial charge in [-0.05, 0) is 90.0 Å². The molecule has 0 saturated carbocycles. The molecule has 2 aliphatic rings. The lowest BCUT2D eigenvalue weighted by Gasteiger charge is -2.45. The van der Waals surface area contributed by atoms with Crippen LogP contribution in [0.15, 0.2) is 171 Å². The molecule has 5 aromatic carbocycles. The number of nitrogens with one attached hydrogen (secondary N) is 2. The number of benzene rings is 5. The number of aromatic nitrogens is 4. The molecule has 4 heterocycles. The van der Waals surface area contributed by atoms with Gasteiger partial charge in [0.25, 0.3) is 19.4 Å². The summed E-state index contributed by atoms with van der Waals surface area (Å²) in [5.74, 6) is 1.33. The summed E-state index contributed by atoms with van der Waals surface area (Å²) in [4.78, 5) is 57.8. The zero-order valence-corrected chi connectivity index (χ0v) is 50.9. The first-order valence-electron chi connectivity index (χ1n) is 27.6. The van der Waals surface area contributed by atoms with Crippen molar-refractivity contribution >= 4 is 43.2 Å². The van der Waals surface area contributed by atoms with Crippen molar-refractivity contribution in [3.63, 3.8) is 0 Å². The Morgan fingerprint density at radius 3 is 1.62 bits per heavy atom. The van der Waals surface area contributed by atoms with Crippen LogP contribution >= 0.6 is 24.5 Å². The molecule has 2 fully saturated rings. The Bertz CT molecular complexity index is 3370. The molecule has 9 rings (SSSR count). The average Bonchev–Trinajstić information content (AvgIpc) is 4.05. The largest absolute Gasteiger partial charge is 0.497 e. The monoisotopic (exact) mass is 1220 g/mol. The van der Waals surface area contributed by atoms with Crippen LogP contribution in [-0.2, 0) is 37.8 Å². The van der Waals surface area contributed by atoms with Gasteiger partial charge in [0.2, 0.25) is 0 Å². The Labute approximate surface area is 488 Å². The number of methoxy groups -OCH3 is 2. The summed E-state index contributed by atoms with van der Waals surface area (Å²) in [5, 5.41) is 2.31. The van der Waals surface area contributed by atoms with Crippen molar-refractivity contribution < 1.29 is 41.7 Å². The molecule has 0 radical (unpaired) electrons. The highest BCUT2D eigenvalue weighted by molar-refractivity contribution is 9.09. The molecular weight excluding hydrogens is 1150 g/mol. The van der Waals surface area contributed by atoms with E-state index in [1.54, 1.807) is 28.1 Å². The number of nitrogens with zero attached hydrogens (tertiary/aromatic N) is 2. The highest BCUT2D eigenvalue weighted by atomic mass is 79.9. The molecule has 17 nitrogen and oxygen atoms in total. The molecule has 8 atom stereocenters. The first-order chi connectivity index (χ1) is 39.5. The minimum absolute atomic E-state index is 0.0807. The summed E-state index contributed by atoms with van der Waals surface area (Å²) in [6, 6.07) is 45.9. The molecule has 434 valence electrons. The third-order valence-electron chi connectivity index (χ3n) is 15.3. The van der Waals surface area contributed by atoms with E-state index in [4.69, 9.17) is 41.7 Å². The Morgan fingerprint density at radius 2 is 1.15 bits per heavy atom. The van der Waals surface area contributed by atoms with Gasteiger partial charge in [-0.3, -0.25) is 28.7 Å². The standard InChI is InChI=1S/C62H72BrN4O13PSi/c1-9-75-81(78-50(26-19-35-63)56-52(37-55(77-56)67-39-42(3)58(69)65-60(67)71)80-82(61(4,5)6,48-22-15-11-16-23-48)49-24-17-12-18-25-49)79-51-36-54(66-38-41(2)57(68)64-59(66)70)76-53(51)40-74-62(43-20-13-10-14-21-43,44-27-31-46(72-7)32-28-44)45-29-33-47(73-8)34-30-45/h10-18,20-25,27-34,38-39,50-56H,9,19,26,35-37,40H2,1-8H3,(H,64,68,70)(H,65,69,71)/t50-,51-,52-,53+,54+,55+,56+,81?/m0/s1. The third kappa shape index (κ3) is 12.8. The smallest absolute Gasteiger partial charge is 0.333 e. The van der Waals surface area contributed by atoms with Crippen LogP contribution in [0.4, 0.5) is 0 Å². The SMILES string of the molecule is CCOP(O[C@@H](CCCBr)[C@H]1O[C@@H](n2cc(C)c(=O)[nH]c2=O)C[C@@H]1O[Si](c1ccccc1)(c1ccccc1)C(C)(C)C)O[C@H]1C[C@H](n2cc(C)c(=O)[nH]c2=O)O[C@@H]1COC(c1ccccc1)(c1ccc(OC)cc1)c1ccc(OC)cc1. The van der Waals surface area contributed by atoms with Gasteiger partial charge >= 0.3 is 20.0 Å². The van der Waals surface area contributed by atoms with Crippen LogP contribution in [0.2, 0.25) is 5.04 Å². The molecular formula is C62H72BrN4O13PSi. The van der Waals surface area contributed by atoms with E-state index in [9.17, 15) is 19.2 Å². The van der Waals surface area contributed by atoms with E-state index in [2.05, 4.69) is 70.9 Å². The minimum Gasteiger partial charge on any atom is -0.497 e. The van der Waals surface area contributed by atoms with Gasteiger partial charge in [-0.15, -0.1) is 0 Å². The Morgan fingerprint density at radius 1 is 0.671 bits per heavy atom. The highest BCUT2D eigenvalue weighted by Gasteiger charge is 2.55. The molecule has 2 N–H and O–H groups in total. The Kier molecular flexibility index (Phi) is 19.7. The molecule has 0 amide bonds. The highest BCUT2D eigenvalue weighted by Crippen LogP contribution is 2.51. The summed E-state index contributed by atoms with van der Waals surface area (Å²) in [5.41, 5.74) is -0.415. The van der Waals surface area contributed by atoms with Crippen LogP contribution < -0.4 is 42.3 Å². The second-order valence-corrected chi connectivity index (χ2v) is 27.7. The molecule has 7 aromatic rings. The molecule has 2 aliphatic heterocycles. The van der Waals surface area contributed by atoms with Gasteiger partial charge < -0.3 is 41.7 Å². The number of alkyl halides is 1. The van der Waals surface area contributed by atoms with Gasteiger partial charge in [-0.1, -0.05) is 152 Å². The number of rotatable bonds is 24. The number of ether oxygens (including phenoxy) is 5. The van der Waals surface area contributed by atoms with E-state index in [-0.39, 0.29) is 26.1 Å². The summed E-state index contributed by atoms with van der Waals surface area (Å²) >= 11 is 3.68. The van der Waals surface area contributed by atoms with E-state index < -0.39 is 93.0 Å². The lowest BCUT2D eigenvalue weighted by Crippen LogP contribution is -2.68. The van der Waals surface area contributed by atoms with Crippen molar-refractivity contribution in [3.8, 4) is 11.5 Å². The van der Waals surface area contributed by atoms with Crippen molar-refractivity contribution in [2.45, 2.75) is 121 Å². The lowest BCUT2D eigenvalue weighted by atomic mass is 9.80. The van der Waals surface area contributed by atoms with Gasteiger partial charge in [0.05, 0.1) is 45.7 Å².